The topological polar surface area (TPSA) is 48.7 Å². The largest absolute Gasteiger partial charge is 0.486 e. The van der Waals surface area contributed by atoms with Crippen molar-refractivity contribution >= 4 is 11.6 Å². The van der Waals surface area contributed by atoms with Crippen molar-refractivity contribution in [3.8, 4) is 17.6 Å². The zero-order chi connectivity index (χ0) is 14.8. The van der Waals surface area contributed by atoms with Crippen molar-refractivity contribution in [3.05, 3.63) is 22.7 Å². The summed E-state index contributed by atoms with van der Waals surface area (Å²) in [7, 11) is 2.10. The Kier molecular flexibility index (Phi) is 4.20. The van der Waals surface area contributed by atoms with Crippen LogP contribution in [0, 0.1) is 11.3 Å². The minimum Gasteiger partial charge on any atom is -0.486 e. The Labute approximate surface area is 129 Å². The van der Waals surface area contributed by atoms with Gasteiger partial charge in [-0.1, -0.05) is 11.6 Å². The van der Waals surface area contributed by atoms with Gasteiger partial charge in [-0.2, -0.15) is 5.26 Å². The normalized spacial score (nSPS) is 20.8. The number of fused-ring (bicyclic) bond motifs is 1. The van der Waals surface area contributed by atoms with Crippen molar-refractivity contribution in [2.45, 2.75) is 6.04 Å². The van der Waals surface area contributed by atoms with Crippen LogP contribution in [0.2, 0.25) is 5.02 Å². The van der Waals surface area contributed by atoms with Crippen LogP contribution < -0.4 is 9.47 Å². The molecule has 1 unspecified atom stereocenters. The molecule has 0 N–H and O–H groups in total. The van der Waals surface area contributed by atoms with Crippen LogP contribution in [0.1, 0.15) is 11.6 Å². The molecule has 1 atom stereocenters. The Morgan fingerprint density at radius 1 is 1.19 bits per heavy atom. The summed E-state index contributed by atoms with van der Waals surface area (Å²) in [5, 5.41) is 10.1. The lowest BCUT2D eigenvalue weighted by Crippen LogP contribution is -2.45. The lowest BCUT2D eigenvalue weighted by Gasteiger charge is -2.35. The molecule has 1 fully saturated rings. The second kappa shape index (κ2) is 6.10. The summed E-state index contributed by atoms with van der Waals surface area (Å²) < 4.78 is 11.1. The molecule has 6 heteroatoms. The van der Waals surface area contributed by atoms with Gasteiger partial charge in [-0.3, -0.25) is 4.90 Å². The van der Waals surface area contributed by atoms with Crippen molar-refractivity contribution in [1.82, 2.24) is 9.80 Å². The van der Waals surface area contributed by atoms with Crippen LogP contribution in [0.5, 0.6) is 11.5 Å². The molecule has 0 spiro atoms. The molecule has 0 aromatic heterocycles. The highest BCUT2D eigenvalue weighted by atomic mass is 35.5. The Balaban J connectivity index is 1.87. The first-order valence-corrected chi connectivity index (χ1v) is 7.48. The molecule has 5 nitrogen and oxygen atoms in total. The molecular weight excluding hydrogens is 290 g/mol. The number of nitrogens with zero attached hydrogens (tertiary/aromatic N) is 3. The maximum Gasteiger partial charge on any atom is 0.179 e. The third-order valence-electron chi connectivity index (χ3n) is 3.96. The number of ether oxygens (including phenoxy) is 2. The van der Waals surface area contributed by atoms with Crippen LogP contribution in [-0.2, 0) is 0 Å². The van der Waals surface area contributed by atoms with E-state index in [9.17, 15) is 5.26 Å². The third kappa shape index (κ3) is 2.93. The Hall–Kier alpha value is -1.48. The molecule has 0 bridgehead atoms. The number of likely N-dealkylation sites (N-methyl/N-ethyl adjacent to an activating group) is 1. The van der Waals surface area contributed by atoms with Gasteiger partial charge in [0, 0.05) is 26.2 Å². The number of hydrogen-bond donors (Lipinski definition) is 0. The van der Waals surface area contributed by atoms with Crippen LogP contribution >= 0.6 is 11.6 Å². The number of halogens is 1. The molecule has 2 aliphatic heterocycles. The van der Waals surface area contributed by atoms with Gasteiger partial charge in [0.1, 0.15) is 19.3 Å². The van der Waals surface area contributed by atoms with E-state index in [-0.39, 0.29) is 6.04 Å². The molecule has 112 valence electrons. The maximum atomic E-state index is 9.57. The minimum absolute atomic E-state index is 0.299. The van der Waals surface area contributed by atoms with E-state index in [2.05, 4.69) is 22.9 Å². The van der Waals surface area contributed by atoms with Crippen molar-refractivity contribution < 1.29 is 9.47 Å². The lowest BCUT2D eigenvalue weighted by atomic mass is 10.0. The molecule has 3 rings (SSSR count). The fourth-order valence-corrected chi connectivity index (χ4v) is 3.01. The second-order valence-electron chi connectivity index (χ2n) is 5.40. The summed E-state index contributed by atoms with van der Waals surface area (Å²) >= 11 is 6.27. The average molecular weight is 308 g/mol. The molecule has 21 heavy (non-hydrogen) atoms. The highest BCUT2D eigenvalue weighted by molar-refractivity contribution is 6.32. The maximum absolute atomic E-state index is 9.57. The van der Waals surface area contributed by atoms with E-state index in [0.29, 0.717) is 29.7 Å². The van der Waals surface area contributed by atoms with E-state index in [1.165, 1.54) is 0 Å². The molecule has 1 saturated heterocycles. The number of benzene rings is 1. The van der Waals surface area contributed by atoms with Crippen LogP contribution in [-0.4, -0.2) is 56.2 Å². The zero-order valence-corrected chi connectivity index (χ0v) is 12.8. The number of rotatable bonds is 2. The lowest BCUT2D eigenvalue weighted by molar-refractivity contribution is 0.132. The van der Waals surface area contributed by atoms with Crippen LogP contribution in [0.4, 0.5) is 0 Å². The number of nitriles is 1. The number of hydrogen-bond acceptors (Lipinski definition) is 5. The van der Waals surface area contributed by atoms with E-state index < -0.39 is 0 Å². The van der Waals surface area contributed by atoms with Gasteiger partial charge in [-0.25, -0.2) is 0 Å². The predicted molar refractivity (Wildman–Crippen MR) is 79.9 cm³/mol. The fourth-order valence-electron chi connectivity index (χ4n) is 2.74. The monoisotopic (exact) mass is 307 g/mol. The quantitative estimate of drug-likeness (QED) is 0.835. The van der Waals surface area contributed by atoms with Crippen molar-refractivity contribution in [3.63, 3.8) is 0 Å². The van der Waals surface area contributed by atoms with E-state index >= 15 is 0 Å². The zero-order valence-electron chi connectivity index (χ0n) is 12.0. The van der Waals surface area contributed by atoms with Crippen LogP contribution in [0.3, 0.4) is 0 Å². The van der Waals surface area contributed by atoms with Gasteiger partial charge in [-0.05, 0) is 24.7 Å². The standard InChI is InChI=1S/C15H18ClN3O2/c1-18-2-4-19(5-3-18)13(10-17)11-8-12(16)15-14(9-11)20-6-7-21-15/h8-9,13H,2-7H2,1H3. The average Bonchev–Trinajstić information content (AvgIpc) is 2.50. The first kappa shape index (κ1) is 14.5. The molecule has 0 amide bonds. The molecular formula is C15H18ClN3O2. The van der Waals surface area contributed by atoms with Crippen LogP contribution in [0.25, 0.3) is 0 Å². The second-order valence-corrected chi connectivity index (χ2v) is 5.80. The van der Waals surface area contributed by atoms with E-state index in [0.717, 1.165) is 31.7 Å². The number of piperazine rings is 1. The van der Waals surface area contributed by atoms with Gasteiger partial charge in [0.05, 0.1) is 11.1 Å². The smallest absolute Gasteiger partial charge is 0.179 e. The first-order valence-electron chi connectivity index (χ1n) is 7.10. The Morgan fingerprint density at radius 3 is 2.62 bits per heavy atom. The summed E-state index contributed by atoms with van der Waals surface area (Å²) in [6, 6.07) is 5.79. The highest BCUT2D eigenvalue weighted by Crippen LogP contribution is 2.40. The summed E-state index contributed by atoms with van der Waals surface area (Å²) in [6.07, 6.45) is 0. The van der Waals surface area contributed by atoms with Gasteiger partial charge in [0.2, 0.25) is 0 Å². The van der Waals surface area contributed by atoms with Crippen molar-refractivity contribution in [1.29, 1.82) is 5.26 Å². The summed E-state index contributed by atoms with van der Waals surface area (Å²) in [4.78, 5) is 4.45. The first-order chi connectivity index (χ1) is 10.2. The molecule has 0 radical (unpaired) electrons. The van der Waals surface area contributed by atoms with Gasteiger partial charge < -0.3 is 14.4 Å². The van der Waals surface area contributed by atoms with Crippen molar-refractivity contribution in [2.75, 3.05) is 46.4 Å². The SMILES string of the molecule is CN1CCN(C(C#N)c2cc(Cl)c3c(c2)OCCO3)CC1. The summed E-state index contributed by atoms with van der Waals surface area (Å²) in [5.74, 6) is 1.22. The summed E-state index contributed by atoms with van der Waals surface area (Å²) in [6.45, 7) is 4.71. The van der Waals surface area contributed by atoms with Gasteiger partial charge in [-0.15, -0.1) is 0 Å². The molecule has 2 aliphatic rings. The highest BCUT2D eigenvalue weighted by Gasteiger charge is 2.26. The van der Waals surface area contributed by atoms with Crippen molar-refractivity contribution in [2.24, 2.45) is 0 Å². The minimum atomic E-state index is -0.299. The van der Waals surface area contributed by atoms with Gasteiger partial charge in [0.15, 0.2) is 11.5 Å². The molecule has 0 aliphatic carbocycles. The van der Waals surface area contributed by atoms with Crippen LogP contribution in [0.15, 0.2) is 12.1 Å². The fraction of sp³-hybridized carbons (Fsp3) is 0.533. The van der Waals surface area contributed by atoms with E-state index in [1.807, 2.05) is 12.1 Å². The van der Waals surface area contributed by atoms with E-state index in [4.69, 9.17) is 21.1 Å². The molecule has 1 aromatic rings. The Morgan fingerprint density at radius 2 is 1.90 bits per heavy atom. The summed E-state index contributed by atoms with van der Waals surface area (Å²) in [5.41, 5.74) is 0.872. The molecule has 0 saturated carbocycles. The van der Waals surface area contributed by atoms with Gasteiger partial charge >= 0.3 is 0 Å². The molecule has 1 aromatic carbocycles. The Bertz CT molecular complexity index is 565. The predicted octanol–water partition coefficient (Wildman–Crippen LogP) is 1.92. The third-order valence-corrected chi connectivity index (χ3v) is 4.24. The molecule has 2 heterocycles. The van der Waals surface area contributed by atoms with Gasteiger partial charge in [0.25, 0.3) is 0 Å². The van der Waals surface area contributed by atoms with E-state index in [1.54, 1.807) is 0 Å².